The van der Waals surface area contributed by atoms with Crippen LogP contribution in [-0.2, 0) is 4.84 Å². The SMILES string of the molecule is CON=C(C)c1ccc(-n2cnnn2)cc1. The number of aromatic nitrogens is 4. The summed E-state index contributed by atoms with van der Waals surface area (Å²) < 4.78 is 1.59. The topological polar surface area (TPSA) is 65.2 Å². The minimum atomic E-state index is 0.825. The van der Waals surface area contributed by atoms with Crippen LogP contribution in [0.4, 0.5) is 0 Å². The fraction of sp³-hybridized carbons (Fsp3) is 0.200. The highest BCUT2D eigenvalue weighted by atomic mass is 16.6. The van der Waals surface area contributed by atoms with Gasteiger partial charge in [-0.15, -0.1) is 5.10 Å². The summed E-state index contributed by atoms with van der Waals surface area (Å²) in [6.07, 6.45) is 1.55. The van der Waals surface area contributed by atoms with Gasteiger partial charge in [-0.1, -0.05) is 17.3 Å². The maximum absolute atomic E-state index is 4.71. The molecule has 1 aromatic heterocycles. The Kier molecular flexibility index (Phi) is 2.90. The predicted molar refractivity (Wildman–Crippen MR) is 58.4 cm³/mol. The molecule has 2 rings (SSSR count). The summed E-state index contributed by atoms with van der Waals surface area (Å²) in [6, 6.07) is 7.71. The van der Waals surface area contributed by atoms with E-state index in [1.54, 1.807) is 11.0 Å². The average molecular weight is 217 g/mol. The first-order chi connectivity index (χ1) is 7.81. The minimum Gasteiger partial charge on any atom is -0.399 e. The number of nitrogens with zero attached hydrogens (tertiary/aromatic N) is 5. The summed E-state index contributed by atoms with van der Waals surface area (Å²) in [5.41, 5.74) is 2.73. The van der Waals surface area contributed by atoms with Crippen molar-refractivity contribution in [2.45, 2.75) is 6.92 Å². The molecular weight excluding hydrogens is 206 g/mol. The van der Waals surface area contributed by atoms with E-state index in [1.807, 2.05) is 31.2 Å². The predicted octanol–water partition coefficient (Wildman–Crippen LogP) is 1.03. The highest BCUT2D eigenvalue weighted by molar-refractivity contribution is 5.98. The van der Waals surface area contributed by atoms with Gasteiger partial charge in [0.2, 0.25) is 0 Å². The zero-order chi connectivity index (χ0) is 11.4. The first kappa shape index (κ1) is 10.3. The van der Waals surface area contributed by atoms with Gasteiger partial charge >= 0.3 is 0 Å². The Hall–Kier alpha value is -2.24. The summed E-state index contributed by atoms with van der Waals surface area (Å²) in [5.74, 6) is 0. The van der Waals surface area contributed by atoms with Gasteiger partial charge in [-0.2, -0.15) is 0 Å². The summed E-state index contributed by atoms with van der Waals surface area (Å²) in [6.45, 7) is 1.88. The Morgan fingerprint density at radius 1 is 1.31 bits per heavy atom. The van der Waals surface area contributed by atoms with E-state index in [4.69, 9.17) is 4.84 Å². The molecule has 0 saturated carbocycles. The van der Waals surface area contributed by atoms with E-state index in [9.17, 15) is 0 Å². The van der Waals surface area contributed by atoms with E-state index in [-0.39, 0.29) is 0 Å². The Morgan fingerprint density at radius 3 is 2.62 bits per heavy atom. The number of rotatable bonds is 3. The average Bonchev–Trinajstić information content (AvgIpc) is 2.83. The number of tetrazole rings is 1. The van der Waals surface area contributed by atoms with Gasteiger partial charge in [0.05, 0.1) is 11.4 Å². The summed E-state index contributed by atoms with van der Waals surface area (Å²) in [7, 11) is 1.53. The van der Waals surface area contributed by atoms with Gasteiger partial charge in [-0.3, -0.25) is 0 Å². The van der Waals surface area contributed by atoms with Gasteiger partial charge in [-0.05, 0) is 35.0 Å². The molecule has 1 aromatic carbocycles. The Balaban J connectivity index is 2.26. The molecule has 6 heteroatoms. The standard InChI is InChI=1S/C10H11N5O/c1-8(12-16-2)9-3-5-10(6-4-9)15-7-11-13-14-15/h3-7H,1-2H3. The van der Waals surface area contributed by atoms with Gasteiger partial charge in [-0.25, -0.2) is 4.68 Å². The zero-order valence-electron chi connectivity index (χ0n) is 9.03. The van der Waals surface area contributed by atoms with Crippen LogP contribution in [0, 0.1) is 0 Å². The Labute approximate surface area is 92.5 Å². The van der Waals surface area contributed by atoms with Crippen LogP contribution in [0.15, 0.2) is 35.7 Å². The molecule has 0 atom stereocenters. The van der Waals surface area contributed by atoms with E-state index in [2.05, 4.69) is 20.7 Å². The second kappa shape index (κ2) is 4.52. The second-order valence-corrected chi connectivity index (χ2v) is 3.16. The molecule has 0 aliphatic carbocycles. The molecule has 6 nitrogen and oxygen atoms in total. The van der Waals surface area contributed by atoms with Crippen molar-refractivity contribution < 1.29 is 4.84 Å². The first-order valence-electron chi connectivity index (χ1n) is 4.73. The largest absolute Gasteiger partial charge is 0.399 e. The van der Waals surface area contributed by atoms with Crippen LogP contribution in [0.3, 0.4) is 0 Å². The number of oxime groups is 1. The monoisotopic (exact) mass is 217 g/mol. The molecule has 82 valence electrons. The molecule has 0 unspecified atom stereocenters. The fourth-order valence-corrected chi connectivity index (χ4v) is 1.32. The highest BCUT2D eigenvalue weighted by Gasteiger charge is 2.00. The lowest BCUT2D eigenvalue weighted by atomic mass is 10.1. The zero-order valence-corrected chi connectivity index (χ0v) is 9.03. The van der Waals surface area contributed by atoms with E-state index in [1.165, 1.54) is 7.11 Å². The van der Waals surface area contributed by atoms with E-state index in [0.29, 0.717) is 0 Å². The van der Waals surface area contributed by atoms with Crippen LogP contribution in [0.25, 0.3) is 5.69 Å². The van der Waals surface area contributed by atoms with Crippen molar-refractivity contribution >= 4 is 5.71 Å². The summed E-state index contributed by atoms with van der Waals surface area (Å²) >= 11 is 0. The maximum Gasteiger partial charge on any atom is 0.143 e. The van der Waals surface area contributed by atoms with Gasteiger partial charge < -0.3 is 4.84 Å². The first-order valence-corrected chi connectivity index (χ1v) is 4.73. The third-order valence-electron chi connectivity index (χ3n) is 2.13. The highest BCUT2D eigenvalue weighted by Crippen LogP contribution is 2.08. The minimum absolute atomic E-state index is 0.825. The Bertz CT molecular complexity index is 474. The van der Waals surface area contributed by atoms with Crippen molar-refractivity contribution in [3.63, 3.8) is 0 Å². The van der Waals surface area contributed by atoms with Gasteiger partial charge in [0.15, 0.2) is 0 Å². The van der Waals surface area contributed by atoms with Crippen LogP contribution in [0.1, 0.15) is 12.5 Å². The van der Waals surface area contributed by atoms with Crippen LogP contribution in [0.2, 0.25) is 0 Å². The normalized spacial score (nSPS) is 11.5. The molecule has 0 radical (unpaired) electrons. The molecule has 0 N–H and O–H groups in total. The van der Waals surface area contributed by atoms with Crippen molar-refractivity contribution in [2.24, 2.45) is 5.16 Å². The lowest BCUT2D eigenvalue weighted by molar-refractivity contribution is 0.213. The lowest BCUT2D eigenvalue weighted by Gasteiger charge is -2.02. The maximum atomic E-state index is 4.71. The third kappa shape index (κ3) is 2.05. The van der Waals surface area contributed by atoms with Gasteiger partial charge in [0.25, 0.3) is 0 Å². The third-order valence-corrected chi connectivity index (χ3v) is 2.13. The van der Waals surface area contributed by atoms with E-state index >= 15 is 0 Å². The van der Waals surface area contributed by atoms with Crippen molar-refractivity contribution in [1.82, 2.24) is 20.2 Å². The fourth-order valence-electron chi connectivity index (χ4n) is 1.32. The van der Waals surface area contributed by atoms with Gasteiger partial charge in [0.1, 0.15) is 13.4 Å². The molecule has 0 aliphatic rings. The van der Waals surface area contributed by atoms with Crippen LogP contribution in [0.5, 0.6) is 0 Å². The van der Waals surface area contributed by atoms with Crippen molar-refractivity contribution in [3.8, 4) is 5.69 Å². The van der Waals surface area contributed by atoms with Crippen molar-refractivity contribution in [1.29, 1.82) is 0 Å². The Morgan fingerprint density at radius 2 is 2.06 bits per heavy atom. The van der Waals surface area contributed by atoms with Gasteiger partial charge in [0, 0.05) is 0 Å². The molecule has 0 aliphatic heterocycles. The number of benzene rings is 1. The smallest absolute Gasteiger partial charge is 0.143 e. The molecule has 0 amide bonds. The molecule has 0 spiro atoms. The number of hydrogen-bond donors (Lipinski definition) is 0. The van der Waals surface area contributed by atoms with Crippen LogP contribution >= 0.6 is 0 Å². The second-order valence-electron chi connectivity index (χ2n) is 3.16. The summed E-state index contributed by atoms with van der Waals surface area (Å²) in [5, 5.41) is 14.8. The van der Waals surface area contributed by atoms with Crippen LogP contribution in [-0.4, -0.2) is 33.0 Å². The molecule has 0 fully saturated rings. The van der Waals surface area contributed by atoms with E-state index < -0.39 is 0 Å². The van der Waals surface area contributed by atoms with Crippen LogP contribution < -0.4 is 0 Å². The molecule has 16 heavy (non-hydrogen) atoms. The molecular formula is C10H11N5O. The van der Waals surface area contributed by atoms with Crippen molar-refractivity contribution in [2.75, 3.05) is 7.11 Å². The molecule has 2 aromatic rings. The lowest BCUT2D eigenvalue weighted by Crippen LogP contribution is -1.98. The molecule has 0 bridgehead atoms. The van der Waals surface area contributed by atoms with Crippen molar-refractivity contribution in [3.05, 3.63) is 36.2 Å². The molecule has 1 heterocycles. The molecule has 0 saturated heterocycles. The summed E-state index contributed by atoms with van der Waals surface area (Å²) in [4.78, 5) is 4.71. The quantitative estimate of drug-likeness (QED) is 0.569. The number of hydrogen-bond acceptors (Lipinski definition) is 5. The van der Waals surface area contributed by atoms with E-state index in [0.717, 1.165) is 17.0 Å².